The number of aryl methyl sites for hydroxylation is 2. The lowest BCUT2D eigenvalue weighted by Gasteiger charge is -2.32. The van der Waals surface area contributed by atoms with E-state index in [1.807, 2.05) is 68.4 Å². The first-order valence-corrected chi connectivity index (χ1v) is 13.3. The Bertz CT molecular complexity index is 1410. The average molecular weight is 495 g/mol. The number of carbonyl (C=O) groups excluding carboxylic acids is 1. The number of Topliss-reactive ketones (excluding diaryl/α,β-unsaturated/α-hetero) is 1. The third kappa shape index (κ3) is 4.26. The van der Waals surface area contributed by atoms with Crippen LogP contribution in [0.2, 0.25) is 0 Å². The molecule has 0 aliphatic carbocycles. The molecule has 2 aromatic carbocycles. The molecule has 0 radical (unpaired) electrons. The molecule has 0 spiro atoms. The molecule has 186 valence electrons. The van der Waals surface area contributed by atoms with Gasteiger partial charge in [-0.2, -0.15) is 0 Å². The first kappa shape index (κ1) is 25.7. The zero-order valence-electron chi connectivity index (χ0n) is 22.0. The van der Waals surface area contributed by atoms with Crippen molar-refractivity contribution < 1.29 is 22.5 Å². The predicted octanol–water partition coefficient (Wildman–Crippen LogP) is 5.02. The fourth-order valence-corrected chi connectivity index (χ4v) is 5.62. The predicted molar refractivity (Wildman–Crippen MR) is 140 cm³/mol. The van der Waals surface area contributed by atoms with Crippen LogP contribution in [0.15, 0.2) is 47.5 Å². The summed E-state index contributed by atoms with van der Waals surface area (Å²) in [6.07, 6.45) is 1.46. The van der Waals surface area contributed by atoms with E-state index in [-0.39, 0.29) is 10.7 Å². The second-order valence-corrected chi connectivity index (χ2v) is 13.4. The molecule has 1 fully saturated rings. The van der Waals surface area contributed by atoms with Crippen LogP contribution in [0, 0.1) is 19.3 Å². The normalized spacial score (nSPS) is 17.8. The summed E-state index contributed by atoms with van der Waals surface area (Å²) >= 11 is 0. The van der Waals surface area contributed by atoms with Crippen LogP contribution < -0.4 is 5.46 Å². The summed E-state index contributed by atoms with van der Waals surface area (Å²) in [5.74, 6) is -0.151. The highest BCUT2D eigenvalue weighted by Gasteiger charge is 2.52. The molecule has 0 atom stereocenters. The van der Waals surface area contributed by atoms with E-state index in [4.69, 9.17) is 9.31 Å². The van der Waals surface area contributed by atoms with E-state index in [0.717, 1.165) is 11.1 Å². The fraction of sp³-hybridized carbons (Fsp3) is 0.444. The van der Waals surface area contributed by atoms with Crippen molar-refractivity contribution in [3.8, 4) is 0 Å². The molecule has 0 unspecified atom stereocenters. The lowest BCUT2D eigenvalue weighted by atomic mass is 9.74. The van der Waals surface area contributed by atoms with Crippen LogP contribution in [0.1, 0.15) is 70.0 Å². The number of aromatic nitrogens is 1. The highest BCUT2D eigenvalue weighted by atomic mass is 32.2. The van der Waals surface area contributed by atoms with E-state index in [1.54, 1.807) is 30.3 Å². The number of benzene rings is 2. The van der Waals surface area contributed by atoms with Gasteiger partial charge in [-0.3, -0.25) is 4.79 Å². The maximum Gasteiger partial charge on any atom is 0.495 e. The largest absolute Gasteiger partial charge is 0.495 e. The van der Waals surface area contributed by atoms with Crippen LogP contribution in [0.4, 0.5) is 0 Å². The van der Waals surface area contributed by atoms with Gasteiger partial charge in [0.15, 0.2) is 5.78 Å². The summed E-state index contributed by atoms with van der Waals surface area (Å²) in [5.41, 5.74) is 1.35. The second-order valence-electron chi connectivity index (χ2n) is 11.6. The van der Waals surface area contributed by atoms with Gasteiger partial charge in [-0.1, -0.05) is 44.5 Å². The summed E-state index contributed by atoms with van der Waals surface area (Å²) in [4.78, 5) is 13.8. The topological polar surface area (TPSA) is 74.6 Å². The number of nitrogens with zero attached hydrogens (tertiary/aromatic N) is 1. The highest BCUT2D eigenvalue weighted by molar-refractivity contribution is 7.90. The van der Waals surface area contributed by atoms with Gasteiger partial charge in [-0.05, 0) is 70.8 Å². The van der Waals surface area contributed by atoms with E-state index in [1.165, 1.54) is 10.2 Å². The van der Waals surface area contributed by atoms with Gasteiger partial charge < -0.3 is 9.31 Å². The Labute approximate surface area is 208 Å². The van der Waals surface area contributed by atoms with E-state index >= 15 is 0 Å². The van der Waals surface area contributed by atoms with Crippen molar-refractivity contribution in [2.24, 2.45) is 5.41 Å². The Morgan fingerprint density at radius 1 is 0.914 bits per heavy atom. The summed E-state index contributed by atoms with van der Waals surface area (Å²) in [6, 6.07) is 10.4. The second kappa shape index (κ2) is 8.05. The lowest BCUT2D eigenvalue weighted by Crippen LogP contribution is -2.41. The smallest absolute Gasteiger partial charge is 0.399 e. The summed E-state index contributed by atoms with van der Waals surface area (Å²) in [7, 11) is -4.70. The molecule has 1 aliphatic rings. The molecular weight excluding hydrogens is 461 g/mol. The van der Waals surface area contributed by atoms with Gasteiger partial charge in [0.1, 0.15) is 0 Å². The number of hydrogen-bond donors (Lipinski definition) is 0. The molecule has 1 aliphatic heterocycles. The summed E-state index contributed by atoms with van der Waals surface area (Å²) < 4.78 is 41.5. The molecule has 2 heterocycles. The molecule has 4 rings (SSSR count). The van der Waals surface area contributed by atoms with Crippen LogP contribution >= 0.6 is 0 Å². The minimum Gasteiger partial charge on any atom is -0.399 e. The molecule has 1 saturated heterocycles. The minimum absolute atomic E-state index is 0.151. The quantitative estimate of drug-likeness (QED) is 0.375. The monoisotopic (exact) mass is 495 g/mol. The number of fused-ring (bicyclic) bond motifs is 1. The van der Waals surface area contributed by atoms with Crippen molar-refractivity contribution in [1.82, 2.24) is 3.97 Å². The zero-order valence-corrected chi connectivity index (χ0v) is 22.8. The Morgan fingerprint density at radius 2 is 1.46 bits per heavy atom. The highest BCUT2D eigenvalue weighted by Crippen LogP contribution is 2.38. The number of rotatable bonds is 4. The van der Waals surface area contributed by atoms with Gasteiger partial charge in [0, 0.05) is 22.6 Å². The van der Waals surface area contributed by atoms with E-state index in [2.05, 4.69) is 0 Å². The summed E-state index contributed by atoms with van der Waals surface area (Å²) in [6.45, 7) is 17.2. The third-order valence-corrected chi connectivity index (χ3v) is 8.74. The molecule has 3 aromatic rings. The number of carbonyl (C=O) groups is 1. The van der Waals surface area contributed by atoms with Crippen LogP contribution in [-0.4, -0.2) is 36.5 Å². The molecule has 0 N–H and O–H groups in total. The molecule has 6 nitrogen and oxygen atoms in total. The van der Waals surface area contributed by atoms with Crippen LogP contribution in [0.5, 0.6) is 0 Å². The van der Waals surface area contributed by atoms with Crippen molar-refractivity contribution in [3.05, 3.63) is 59.3 Å². The van der Waals surface area contributed by atoms with Crippen molar-refractivity contribution >= 4 is 39.3 Å². The van der Waals surface area contributed by atoms with Crippen LogP contribution in [0.3, 0.4) is 0 Å². The molecule has 8 heteroatoms. The maximum absolute atomic E-state index is 13.8. The van der Waals surface area contributed by atoms with Gasteiger partial charge in [0.2, 0.25) is 0 Å². The third-order valence-electron chi connectivity index (χ3n) is 7.06. The fourth-order valence-electron chi connectivity index (χ4n) is 4.27. The molecule has 0 amide bonds. The Kier molecular flexibility index (Phi) is 5.90. The van der Waals surface area contributed by atoms with Gasteiger partial charge in [0.05, 0.1) is 21.6 Å². The van der Waals surface area contributed by atoms with E-state index in [9.17, 15) is 13.2 Å². The molecule has 0 bridgehead atoms. The maximum atomic E-state index is 13.8. The van der Waals surface area contributed by atoms with Crippen molar-refractivity contribution in [2.75, 3.05) is 0 Å². The number of ketones is 1. The molecule has 35 heavy (non-hydrogen) atoms. The van der Waals surface area contributed by atoms with Gasteiger partial charge >= 0.3 is 7.12 Å². The van der Waals surface area contributed by atoms with Gasteiger partial charge in [-0.15, -0.1) is 0 Å². The van der Waals surface area contributed by atoms with E-state index in [0.29, 0.717) is 21.9 Å². The van der Waals surface area contributed by atoms with Gasteiger partial charge in [-0.25, -0.2) is 12.4 Å². The number of hydrogen-bond acceptors (Lipinski definition) is 5. The van der Waals surface area contributed by atoms with Crippen molar-refractivity contribution in [2.45, 2.75) is 78.4 Å². The standard InChI is InChI=1S/C27H34BNO5S/c1-17-10-12-19(13-11-17)35(31,32)29-16-20(24(30)25(3,4)5)23-21(14-18(2)15-22(23)29)28-33-26(6,7)27(8,9)34-28/h10-16H,1-9H3. The van der Waals surface area contributed by atoms with Crippen LogP contribution in [-0.2, 0) is 19.3 Å². The van der Waals surface area contributed by atoms with Crippen LogP contribution in [0.25, 0.3) is 10.9 Å². The van der Waals surface area contributed by atoms with Gasteiger partial charge in [0.25, 0.3) is 10.0 Å². The summed E-state index contributed by atoms with van der Waals surface area (Å²) in [5, 5.41) is 0.546. The molecular formula is C27H34BNO5S. The average Bonchev–Trinajstić information content (AvgIpc) is 3.20. The Hall–Kier alpha value is -2.42. The SMILES string of the molecule is Cc1ccc(S(=O)(=O)n2cc(C(=O)C(C)(C)C)c3c(B4OC(C)(C)C(C)(C)O4)cc(C)cc32)cc1. The van der Waals surface area contributed by atoms with Crippen molar-refractivity contribution in [1.29, 1.82) is 0 Å². The first-order valence-electron chi connectivity index (χ1n) is 11.8. The van der Waals surface area contributed by atoms with Crippen molar-refractivity contribution in [3.63, 3.8) is 0 Å². The lowest BCUT2D eigenvalue weighted by molar-refractivity contribution is 0.00578. The zero-order chi connectivity index (χ0) is 26.1. The molecule has 0 saturated carbocycles. The minimum atomic E-state index is -3.96. The Balaban J connectivity index is 2.05. The van der Waals surface area contributed by atoms with E-state index < -0.39 is 33.8 Å². The first-order chi connectivity index (χ1) is 16.0. The Morgan fingerprint density at radius 3 is 1.97 bits per heavy atom. The molecule has 1 aromatic heterocycles.